The second-order valence-electron chi connectivity index (χ2n) is 4.44. The van der Waals surface area contributed by atoms with Crippen LogP contribution in [0.25, 0.3) is 11.4 Å². The highest BCUT2D eigenvalue weighted by molar-refractivity contribution is 6.42. The third kappa shape index (κ3) is 2.60. The first kappa shape index (κ1) is 12.9. The molecule has 1 saturated heterocycles. The molecule has 2 atom stereocenters. The topological polar surface area (TPSA) is 71.2 Å². The van der Waals surface area contributed by atoms with Gasteiger partial charge in [-0.15, -0.1) is 0 Å². The van der Waals surface area contributed by atoms with Crippen LogP contribution in [0.15, 0.2) is 22.7 Å². The van der Waals surface area contributed by atoms with Crippen LogP contribution in [0.1, 0.15) is 18.4 Å². The maximum absolute atomic E-state index is 9.47. The molecule has 0 unspecified atom stereocenters. The SMILES string of the molecule is O[C@H]1CN[C@@H](c2nc(-c3ccc(Cl)c(Cl)c3)no2)C1. The Hall–Kier alpha value is -1.14. The van der Waals surface area contributed by atoms with Crippen molar-refractivity contribution < 1.29 is 9.63 Å². The average molecular weight is 300 g/mol. The summed E-state index contributed by atoms with van der Waals surface area (Å²) in [6, 6.07) is 5.06. The minimum atomic E-state index is -0.370. The fourth-order valence-electron chi connectivity index (χ4n) is 2.03. The van der Waals surface area contributed by atoms with Crippen molar-refractivity contribution in [1.29, 1.82) is 0 Å². The Morgan fingerprint density at radius 3 is 2.84 bits per heavy atom. The van der Waals surface area contributed by atoms with Gasteiger partial charge in [0.25, 0.3) is 0 Å². The number of rotatable bonds is 2. The Bertz CT molecular complexity index is 602. The van der Waals surface area contributed by atoms with Gasteiger partial charge in [0.1, 0.15) is 0 Å². The Morgan fingerprint density at radius 1 is 1.32 bits per heavy atom. The van der Waals surface area contributed by atoms with E-state index < -0.39 is 0 Å². The monoisotopic (exact) mass is 299 g/mol. The van der Waals surface area contributed by atoms with Crippen molar-refractivity contribution in [1.82, 2.24) is 15.5 Å². The number of hydrogen-bond acceptors (Lipinski definition) is 5. The van der Waals surface area contributed by atoms with Crippen molar-refractivity contribution in [2.24, 2.45) is 0 Å². The molecular formula is C12H11Cl2N3O2. The fraction of sp³-hybridized carbons (Fsp3) is 0.333. The second kappa shape index (κ2) is 5.09. The molecule has 0 amide bonds. The van der Waals surface area contributed by atoms with Crippen LogP contribution in [-0.4, -0.2) is 27.9 Å². The van der Waals surface area contributed by atoms with E-state index in [4.69, 9.17) is 27.7 Å². The minimum absolute atomic E-state index is 0.0981. The number of aliphatic hydroxyl groups is 1. The minimum Gasteiger partial charge on any atom is -0.392 e. The number of hydrogen-bond donors (Lipinski definition) is 2. The van der Waals surface area contributed by atoms with Crippen molar-refractivity contribution in [2.75, 3.05) is 6.54 Å². The normalized spacial score (nSPS) is 22.9. The molecule has 1 aromatic carbocycles. The summed E-state index contributed by atoms with van der Waals surface area (Å²) in [6.45, 7) is 0.537. The molecule has 0 spiro atoms. The molecule has 0 saturated carbocycles. The van der Waals surface area contributed by atoms with Gasteiger partial charge in [-0.25, -0.2) is 0 Å². The smallest absolute Gasteiger partial charge is 0.244 e. The van der Waals surface area contributed by atoms with Crippen LogP contribution in [0.2, 0.25) is 10.0 Å². The lowest BCUT2D eigenvalue weighted by molar-refractivity contribution is 0.191. The average Bonchev–Trinajstić information content (AvgIpc) is 3.01. The van der Waals surface area contributed by atoms with E-state index in [1.807, 2.05) is 0 Å². The fourth-order valence-corrected chi connectivity index (χ4v) is 2.33. The standard InChI is InChI=1S/C12H11Cl2N3O2/c13-8-2-1-6(3-9(8)14)11-16-12(19-17-11)10-4-7(18)5-15-10/h1-3,7,10,15,18H,4-5H2/t7-,10-/m1/s1. The molecule has 1 aliphatic heterocycles. The Labute approximate surface area is 119 Å². The lowest BCUT2D eigenvalue weighted by Gasteiger charge is -2.01. The van der Waals surface area contributed by atoms with Crippen LogP contribution in [-0.2, 0) is 0 Å². The van der Waals surface area contributed by atoms with E-state index in [0.717, 1.165) is 5.56 Å². The van der Waals surface area contributed by atoms with Crippen LogP contribution in [0, 0.1) is 0 Å². The molecule has 1 fully saturated rings. The number of nitrogens with zero attached hydrogens (tertiary/aromatic N) is 2. The molecule has 0 bridgehead atoms. The molecular weight excluding hydrogens is 289 g/mol. The van der Waals surface area contributed by atoms with Crippen LogP contribution in [0.4, 0.5) is 0 Å². The second-order valence-corrected chi connectivity index (χ2v) is 5.25. The molecule has 1 aliphatic rings. The first-order valence-electron chi connectivity index (χ1n) is 5.84. The largest absolute Gasteiger partial charge is 0.392 e. The van der Waals surface area contributed by atoms with Crippen LogP contribution < -0.4 is 5.32 Å². The molecule has 3 rings (SSSR count). The molecule has 7 heteroatoms. The molecule has 2 aromatic rings. The Kier molecular flexibility index (Phi) is 3.45. The molecule has 5 nitrogen and oxygen atoms in total. The molecule has 2 N–H and O–H groups in total. The van der Waals surface area contributed by atoms with Gasteiger partial charge in [0, 0.05) is 12.1 Å². The summed E-state index contributed by atoms with van der Waals surface area (Å²) >= 11 is 11.8. The van der Waals surface area contributed by atoms with Gasteiger partial charge in [0.2, 0.25) is 11.7 Å². The summed E-state index contributed by atoms with van der Waals surface area (Å²) in [6.07, 6.45) is 0.202. The summed E-state index contributed by atoms with van der Waals surface area (Å²) in [7, 11) is 0. The highest BCUT2D eigenvalue weighted by Gasteiger charge is 2.28. The Balaban J connectivity index is 1.86. The van der Waals surface area contributed by atoms with Crippen molar-refractivity contribution in [2.45, 2.75) is 18.6 Å². The van der Waals surface area contributed by atoms with Crippen molar-refractivity contribution in [3.8, 4) is 11.4 Å². The van der Waals surface area contributed by atoms with Gasteiger partial charge in [-0.05, 0) is 24.6 Å². The van der Waals surface area contributed by atoms with Crippen LogP contribution in [0.5, 0.6) is 0 Å². The highest BCUT2D eigenvalue weighted by Crippen LogP contribution is 2.28. The van der Waals surface area contributed by atoms with Crippen molar-refractivity contribution >= 4 is 23.2 Å². The van der Waals surface area contributed by atoms with E-state index in [2.05, 4.69) is 15.5 Å². The molecule has 2 heterocycles. The quantitative estimate of drug-likeness (QED) is 0.891. The van der Waals surface area contributed by atoms with Crippen molar-refractivity contribution in [3.63, 3.8) is 0 Å². The zero-order valence-corrected chi connectivity index (χ0v) is 11.3. The zero-order chi connectivity index (χ0) is 13.4. The summed E-state index contributed by atoms with van der Waals surface area (Å²) in [5.74, 6) is 0.925. The van der Waals surface area contributed by atoms with Gasteiger partial charge >= 0.3 is 0 Å². The number of aliphatic hydroxyl groups excluding tert-OH is 1. The molecule has 19 heavy (non-hydrogen) atoms. The van der Waals surface area contributed by atoms with Gasteiger partial charge in [0.05, 0.1) is 22.2 Å². The van der Waals surface area contributed by atoms with Gasteiger partial charge in [-0.3, -0.25) is 0 Å². The first-order chi connectivity index (χ1) is 9.13. The molecule has 0 radical (unpaired) electrons. The van der Waals surface area contributed by atoms with E-state index in [1.54, 1.807) is 18.2 Å². The van der Waals surface area contributed by atoms with Gasteiger partial charge in [0.15, 0.2) is 0 Å². The molecule has 100 valence electrons. The van der Waals surface area contributed by atoms with E-state index >= 15 is 0 Å². The summed E-state index contributed by atoms with van der Waals surface area (Å²) in [5, 5.41) is 17.4. The summed E-state index contributed by atoms with van der Waals surface area (Å²) < 4.78 is 5.21. The van der Waals surface area contributed by atoms with E-state index in [1.165, 1.54) is 0 Å². The number of benzene rings is 1. The van der Waals surface area contributed by atoms with Gasteiger partial charge < -0.3 is 14.9 Å². The summed E-state index contributed by atoms with van der Waals surface area (Å²) in [5.41, 5.74) is 0.739. The first-order valence-corrected chi connectivity index (χ1v) is 6.59. The maximum Gasteiger partial charge on any atom is 0.244 e. The van der Waals surface area contributed by atoms with Crippen LogP contribution in [0.3, 0.4) is 0 Å². The predicted octanol–water partition coefficient (Wildman–Crippen LogP) is 2.44. The highest BCUT2D eigenvalue weighted by atomic mass is 35.5. The lowest BCUT2D eigenvalue weighted by atomic mass is 10.2. The lowest BCUT2D eigenvalue weighted by Crippen LogP contribution is -2.15. The molecule has 0 aliphatic carbocycles. The predicted molar refractivity (Wildman–Crippen MR) is 71.1 cm³/mol. The Morgan fingerprint density at radius 2 is 2.16 bits per heavy atom. The number of halogens is 2. The molecule has 1 aromatic heterocycles. The number of aromatic nitrogens is 2. The van der Waals surface area contributed by atoms with Crippen molar-refractivity contribution in [3.05, 3.63) is 34.1 Å². The van der Waals surface area contributed by atoms with E-state index in [-0.39, 0.29) is 12.1 Å². The van der Waals surface area contributed by atoms with E-state index in [9.17, 15) is 5.11 Å². The van der Waals surface area contributed by atoms with Crippen LogP contribution >= 0.6 is 23.2 Å². The van der Waals surface area contributed by atoms with Gasteiger partial charge in [-0.1, -0.05) is 28.4 Å². The number of nitrogens with one attached hydrogen (secondary N) is 1. The maximum atomic E-state index is 9.47. The van der Waals surface area contributed by atoms with E-state index in [0.29, 0.717) is 34.7 Å². The zero-order valence-electron chi connectivity index (χ0n) is 9.81. The third-order valence-electron chi connectivity index (χ3n) is 3.03. The third-order valence-corrected chi connectivity index (χ3v) is 3.76. The van der Waals surface area contributed by atoms with Gasteiger partial charge in [-0.2, -0.15) is 4.98 Å². The number of β-amino-alcohol motifs (C(OH)–C–C–N with tert-alkyl or cyclic N) is 1. The summed E-state index contributed by atoms with van der Waals surface area (Å²) in [4.78, 5) is 4.31.